The highest BCUT2D eigenvalue weighted by Gasteiger charge is 2.29. The standard InChI is InChI=1S/C23H24N2O5/c1-2-28-21-14-17(15-24)8-9-20(21)30-23(27)18-10-12-25(13-11-18)22(26)16-29-19-6-4-3-5-7-19/h3-9,14,18H,2,10-13,16H2,1H3. The molecule has 1 fully saturated rings. The Kier molecular flexibility index (Phi) is 7.28. The smallest absolute Gasteiger partial charge is 0.314 e. The summed E-state index contributed by atoms with van der Waals surface area (Å²) in [6, 6.07) is 15.9. The van der Waals surface area contributed by atoms with E-state index in [0.717, 1.165) is 0 Å². The molecule has 2 aromatic carbocycles. The van der Waals surface area contributed by atoms with E-state index >= 15 is 0 Å². The molecule has 0 N–H and O–H groups in total. The predicted molar refractivity (Wildman–Crippen MR) is 109 cm³/mol. The summed E-state index contributed by atoms with van der Waals surface area (Å²) in [5.41, 5.74) is 0.433. The molecule has 156 valence electrons. The van der Waals surface area contributed by atoms with Gasteiger partial charge in [-0.25, -0.2) is 0 Å². The molecule has 1 aliphatic heterocycles. The number of piperidine rings is 1. The van der Waals surface area contributed by atoms with Gasteiger partial charge in [0.2, 0.25) is 0 Å². The Hall–Kier alpha value is -3.53. The van der Waals surface area contributed by atoms with Crippen LogP contribution in [0, 0.1) is 17.2 Å². The minimum atomic E-state index is -0.353. The number of amides is 1. The van der Waals surface area contributed by atoms with E-state index in [1.165, 1.54) is 0 Å². The number of benzene rings is 2. The van der Waals surface area contributed by atoms with Crippen molar-refractivity contribution in [3.63, 3.8) is 0 Å². The van der Waals surface area contributed by atoms with Gasteiger partial charge in [0.15, 0.2) is 18.1 Å². The second kappa shape index (κ2) is 10.3. The summed E-state index contributed by atoms with van der Waals surface area (Å²) in [6.07, 6.45) is 1.05. The van der Waals surface area contributed by atoms with Gasteiger partial charge < -0.3 is 19.1 Å². The van der Waals surface area contributed by atoms with Crippen LogP contribution in [0.1, 0.15) is 25.3 Å². The molecule has 0 radical (unpaired) electrons. The van der Waals surface area contributed by atoms with Gasteiger partial charge in [-0.15, -0.1) is 0 Å². The lowest BCUT2D eigenvalue weighted by Gasteiger charge is -2.30. The summed E-state index contributed by atoms with van der Waals surface area (Å²) in [5.74, 6) is 0.571. The molecular weight excluding hydrogens is 384 g/mol. The van der Waals surface area contributed by atoms with Gasteiger partial charge in [0.25, 0.3) is 5.91 Å². The number of likely N-dealkylation sites (tertiary alicyclic amines) is 1. The molecule has 30 heavy (non-hydrogen) atoms. The Morgan fingerprint density at radius 2 is 1.80 bits per heavy atom. The molecule has 0 atom stereocenters. The van der Waals surface area contributed by atoms with Crippen molar-refractivity contribution in [3.05, 3.63) is 54.1 Å². The summed E-state index contributed by atoms with van der Waals surface area (Å²) in [4.78, 5) is 26.7. The summed E-state index contributed by atoms with van der Waals surface area (Å²) in [6.45, 7) is 3.14. The first-order chi connectivity index (χ1) is 14.6. The zero-order chi connectivity index (χ0) is 21.3. The molecule has 0 spiro atoms. The lowest BCUT2D eigenvalue weighted by Crippen LogP contribution is -2.43. The van der Waals surface area contributed by atoms with Gasteiger partial charge in [0.1, 0.15) is 5.75 Å². The molecule has 1 aliphatic rings. The number of hydrogen-bond acceptors (Lipinski definition) is 6. The third-order valence-electron chi connectivity index (χ3n) is 4.87. The third-order valence-corrected chi connectivity index (χ3v) is 4.87. The van der Waals surface area contributed by atoms with Crippen molar-refractivity contribution in [2.24, 2.45) is 5.92 Å². The predicted octanol–water partition coefficient (Wildman–Crippen LogP) is 3.18. The molecular formula is C23H24N2O5. The van der Waals surface area contributed by atoms with Crippen LogP contribution in [0.5, 0.6) is 17.2 Å². The molecule has 1 saturated heterocycles. The third kappa shape index (κ3) is 5.51. The van der Waals surface area contributed by atoms with E-state index in [1.54, 1.807) is 35.2 Å². The first-order valence-corrected chi connectivity index (χ1v) is 9.95. The number of ether oxygens (including phenoxy) is 3. The second-order valence-corrected chi connectivity index (χ2v) is 6.88. The zero-order valence-corrected chi connectivity index (χ0v) is 16.9. The average molecular weight is 408 g/mol. The molecule has 7 heteroatoms. The number of para-hydroxylation sites is 1. The van der Waals surface area contributed by atoms with Gasteiger partial charge in [-0.3, -0.25) is 9.59 Å². The molecule has 0 unspecified atom stereocenters. The maximum absolute atomic E-state index is 12.6. The largest absolute Gasteiger partial charge is 0.490 e. The van der Waals surface area contributed by atoms with Crippen LogP contribution in [0.3, 0.4) is 0 Å². The lowest BCUT2D eigenvalue weighted by molar-refractivity contribution is -0.144. The molecule has 0 aromatic heterocycles. The van der Waals surface area contributed by atoms with Crippen LogP contribution in [0.25, 0.3) is 0 Å². The summed E-state index contributed by atoms with van der Waals surface area (Å²) >= 11 is 0. The number of nitriles is 1. The minimum absolute atomic E-state index is 0.0257. The van der Waals surface area contributed by atoms with E-state index in [-0.39, 0.29) is 24.4 Å². The number of carbonyl (C=O) groups excluding carboxylic acids is 2. The van der Waals surface area contributed by atoms with Gasteiger partial charge in [0, 0.05) is 19.2 Å². The summed E-state index contributed by atoms with van der Waals surface area (Å²) in [5, 5.41) is 9.03. The fraction of sp³-hybridized carbons (Fsp3) is 0.348. The van der Waals surface area contributed by atoms with Crippen LogP contribution >= 0.6 is 0 Å². The van der Waals surface area contributed by atoms with Gasteiger partial charge in [-0.2, -0.15) is 5.26 Å². The highest BCUT2D eigenvalue weighted by molar-refractivity contribution is 5.79. The molecule has 7 nitrogen and oxygen atoms in total. The highest BCUT2D eigenvalue weighted by atomic mass is 16.6. The van der Waals surface area contributed by atoms with Crippen LogP contribution in [-0.2, 0) is 9.59 Å². The van der Waals surface area contributed by atoms with E-state index in [2.05, 4.69) is 0 Å². The van der Waals surface area contributed by atoms with Gasteiger partial charge in [-0.05, 0) is 44.0 Å². The normalized spacial score (nSPS) is 13.9. The first-order valence-electron chi connectivity index (χ1n) is 9.95. The second-order valence-electron chi connectivity index (χ2n) is 6.88. The summed E-state index contributed by atoms with van der Waals surface area (Å²) in [7, 11) is 0. The van der Waals surface area contributed by atoms with E-state index in [9.17, 15) is 9.59 Å². The Morgan fingerprint density at radius 1 is 1.07 bits per heavy atom. The quantitative estimate of drug-likeness (QED) is 0.516. The lowest BCUT2D eigenvalue weighted by atomic mass is 9.97. The monoisotopic (exact) mass is 408 g/mol. The van der Waals surface area contributed by atoms with Crippen LogP contribution in [0.2, 0.25) is 0 Å². The van der Waals surface area contributed by atoms with Crippen LogP contribution in [0.15, 0.2) is 48.5 Å². The SMILES string of the molecule is CCOc1cc(C#N)ccc1OC(=O)C1CCN(C(=O)COc2ccccc2)CC1. The molecule has 2 aromatic rings. The Balaban J connectivity index is 1.50. The fourth-order valence-electron chi connectivity index (χ4n) is 3.24. The fourth-order valence-corrected chi connectivity index (χ4v) is 3.24. The van der Waals surface area contributed by atoms with E-state index in [4.69, 9.17) is 19.5 Å². The minimum Gasteiger partial charge on any atom is -0.490 e. The van der Waals surface area contributed by atoms with Crippen LogP contribution in [0.4, 0.5) is 0 Å². The maximum Gasteiger partial charge on any atom is 0.314 e. The maximum atomic E-state index is 12.6. The van der Waals surface area contributed by atoms with Crippen molar-refractivity contribution in [3.8, 4) is 23.3 Å². The first kappa shape index (κ1) is 21.2. The molecule has 3 rings (SSSR count). The van der Waals surface area contributed by atoms with Crippen molar-refractivity contribution in [2.45, 2.75) is 19.8 Å². The van der Waals surface area contributed by atoms with Crippen molar-refractivity contribution >= 4 is 11.9 Å². The molecule has 0 bridgehead atoms. The Morgan fingerprint density at radius 3 is 2.47 bits per heavy atom. The van der Waals surface area contributed by atoms with Crippen LogP contribution in [-0.4, -0.2) is 43.1 Å². The van der Waals surface area contributed by atoms with Crippen molar-refractivity contribution in [1.82, 2.24) is 4.90 Å². The highest BCUT2D eigenvalue weighted by Crippen LogP contribution is 2.30. The van der Waals surface area contributed by atoms with E-state index in [0.29, 0.717) is 55.4 Å². The molecule has 0 aliphatic carbocycles. The number of hydrogen-bond donors (Lipinski definition) is 0. The van der Waals surface area contributed by atoms with E-state index < -0.39 is 0 Å². The van der Waals surface area contributed by atoms with Crippen molar-refractivity contribution in [1.29, 1.82) is 5.26 Å². The number of rotatable bonds is 7. The van der Waals surface area contributed by atoms with Crippen LogP contribution < -0.4 is 14.2 Å². The number of carbonyl (C=O) groups is 2. The van der Waals surface area contributed by atoms with Crippen molar-refractivity contribution in [2.75, 3.05) is 26.3 Å². The average Bonchev–Trinajstić information content (AvgIpc) is 2.79. The Bertz CT molecular complexity index is 915. The van der Waals surface area contributed by atoms with Gasteiger partial charge in [0.05, 0.1) is 24.2 Å². The number of esters is 1. The Labute approximate surface area is 175 Å². The topological polar surface area (TPSA) is 88.9 Å². The zero-order valence-electron chi connectivity index (χ0n) is 16.9. The summed E-state index contributed by atoms with van der Waals surface area (Å²) < 4.78 is 16.5. The van der Waals surface area contributed by atoms with Gasteiger partial charge >= 0.3 is 5.97 Å². The van der Waals surface area contributed by atoms with Gasteiger partial charge in [-0.1, -0.05) is 18.2 Å². The molecule has 1 amide bonds. The molecule has 0 saturated carbocycles. The van der Waals surface area contributed by atoms with Crippen molar-refractivity contribution < 1.29 is 23.8 Å². The number of nitrogens with zero attached hydrogens (tertiary/aromatic N) is 2. The van der Waals surface area contributed by atoms with E-state index in [1.807, 2.05) is 31.2 Å². The molecule has 1 heterocycles.